The predicted molar refractivity (Wildman–Crippen MR) is 81.3 cm³/mol. The SMILES string of the molecule is Cc1cc(=O)c(C(=O)NC2CCCCC2CN)c[nH]1.Cl. The van der Waals surface area contributed by atoms with E-state index in [2.05, 4.69) is 10.3 Å². The van der Waals surface area contributed by atoms with Gasteiger partial charge >= 0.3 is 0 Å². The lowest BCUT2D eigenvalue weighted by Crippen LogP contribution is -2.45. The molecule has 1 aliphatic carbocycles. The van der Waals surface area contributed by atoms with Crippen molar-refractivity contribution in [2.24, 2.45) is 11.7 Å². The summed E-state index contributed by atoms with van der Waals surface area (Å²) in [6.45, 7) is 2.36. The van der Waals surface area contributed by atoms with Crippen LogP contribution in [0.25, 0.3) is 0 Å². The van der Waals surface area contributed by atoms with E-state index in [0.717, 1.165) is 25.0 Å². The molecule has 1 saturated carbocycles. The lowest BCUT2D eigenvalue weighted by atomic mass is 9.84. The largest absolute Gasteiger partial charge is 0.364 e. The second-order valence-electron chi connectivity index (χ2n) is 5.25. The van der Waals surface area contributed by atoms with Gasteiger partial charge in [0.25, 0.3) is 5.91 Å². The second-order valence-corrected chi connectivity index (χ2v) is 5.25. The quantitative estimate of drug-likeness (QED) is 0.787. The van der Waals surface area contributed by atoms with Gasteiger partial charge in [0.15, 0.2) is 5.43 Å². The van der Waals surface area contributed by atoms with Gasteiger partial charge in [-0.2, -0.15) is 0 Å². The molecule has 0 bridgehead atoms. The Morgan fingerprint density at radius 3 is 2.80 bits per heavy atom. The number of hydrogen-bond acceptors (Lipinski definition) is 3. The van der Waals surface area contributed by atoms with Crippen molar-refractivity contribution in [3.8, 4) is 0 Å². The molecule has 1 amide bonds. The van der Waals surface area contributed by atoms with E-state index in [0.29, 0.717) is 12.5 Å². The monoisotopic (exact) mass is 299 g/mol. The van der Waals surface area contributed by atoms with Crippen LogP contribution in [0.1, 0.15) is 41.7 Å². The molecule has 1 heterocycles. The van der Waals surface area contributed by atoms with E-state index in [1.165, 1.54) is 18.7 Å². The first-order chi connectivity index (χ1) is 9.11. The van der Waals surface area contributed by atoms with Crippen LogP contribution in [0, 0.1) is 12.8 Å². The van der Waals surface area contributed by atoms with E-state index < -0.39 is 0 Å². The van der Waals surface area contributed by atoms with Crippen molar-refractivity contribution in [3.63, 3.8) is 0 Å². The summed E-state index contributed by atoms with van der Waals surface area (Å²) in [5.74, 6) is 0.0221. The Morgan fingerprint density at radius 1 is 1.45 bits per heavy atom. The number of H-pyrrole nitrogens is 1. The number of carbonyl (C=O) groups is 1. The molecule has 0 aromatic carbocycles. The predicted octanol–water partition coefficient (Wildman–Crippen LogP) is 1.35. The molecule has 2 rings (SSSR count). The number of amides is 1. The third-order valence-corrected chi connectivity index (χ3v) is 3.83. The maximum absolute atomic E-state index is 12.1. The molecule has 6 heteroatoms. The third-order valence-electron chi connectivity index (χ3n) is 3.83. The zero-order valence-electron chi connectivity index (χ0n) is 11.6. The number of pyridine rings is 1. The highest BCUT2D eigenvalue weighted by atomic mass is 35.5. The molecule has 4 N–H and O–H groups in total. The summed E-state index contributed by atoms with van der Waals surface area (Å²) in [6.07, 6.45) is 5.74. The van der Waals surface area contributed by atoms with Gasteiger partial charge in [-0.1, -0.05) is 12.8 Å². The topological polar surface area (TPSA) is 88.0 Å². The number of nitrogens with two attached hydrogens (primary N) is 1. The van der Waals surface area contributed by atoms with Gasteiger partial charge in [-0.05, 0) is 32.2 Å². The first-order valence-corrected chi connectivity index (χ1v) is 6.82. The number of hydrogen-bond donors (Lipinski definition) is 3. The normalized spacial score (nSPS) is 21.9. The van der Waals surface area contributed by atoms with Gasteiger partial charge in [-0.15, -0.1) is 12.4 Å². The highest BCUT2D eigenvalue weighted by Gasteiger charge is 2.26. The van der Waals surface area contributed by atoms with Crippen LogP contribution < -0.4 is 16.5 Å². The van der Waals surface area contributed by atoms with Crippen molar-refractivity contribution in [1.82, 2.24) is 10.3 Å². The van der Waals surface area contributed by atoms with Crippen molar-refractivity contribution < 1.29 is 4.79 Å². The second kappa shape index (κ2) is 7.45. The number of rotatable bonds is 3. The molecular weight excluding hydrogens is 278 g/mol. The fourth-order valence-corrected chi connectivity index (χ4v) is 2.68. The Morgan fingerprint density at radius 2 is 2.15 bits per heavy atom. The van der Waals surface area contributed by atoms with Crippen LogP contribution in [0.15, 0.2) is 17.1 Å². The maximum atomic E-state index is 12.1. The zero-order chi connectivity index (χ0) is 13.8. The van der Waals surface area contributed by atoms with Crippen LogP contribution >= 0.6 is 12.4 Å². The number of aromatic amines is 1. The van der Waals surface area contributed by atoms with Crippen molar-refractivity contribution in [2.75, 3.05) is 6.54 Å². The Balaban J connectivity index is 0.00000200. The third kappa shape index (κ3) is 3.84. The molecule has 0 radical (unpaired) electrons. The molecule has 5 nitrogen and oxygen atoms in total. The molecule has 0 aliphatic heterocycles. The van der Waals surface area contributed by atoms with E-state index >= 15 is 0 Å². The Kier molecular flexibility index (Phi) is 6.23. The first-order valence-electron chi connectivity index (χ1n) is 6.82. The average Bonchev–Trinajstić information content (AvgIpc) is 2.39. The van der Waals surface area contributed by atoms with Crippen molar-refractivity contribution >= 4 is 18.3 Å². The fourth-order valence-electron chi connectivity index (χ4n) is 2.68. The van der Waals surface area contributed by atoms with Gasteiger partial charge in [0.2, 0.25) is 0 Å². The van der Waals surface area contributed by atoms with Crippen LogP contribution in [0.4, 0.5) is 0 Å². The van der Waals surface area contributed by atoms with Gasteiger partial charge in [-0.3, -0.25) is 9.59 Å². The number of carbonyl (C=O) groups excluding carboxylic acids is 1. The van der Waals surface area contributed by atoms with Gasteiger partial charge < -0.3 is 16.0 Å². The summed E-state index contributed by atoms with van der Waals surface area (Å²) in [5, 5.41) is 2.96. The lowest BCUT2D eigenvalue weighted by Gasteiger charge is -2.31. The maximum Gasteiger partial charge on any atom is 0.256 e. The highest BCUT2D eigenvalue weighted by Crippen LogP contribution is 2.23. The number of aromatic nitrogens is 1. The van der Waals surface area contributed by atoms with Crippen molar-refractivity contribution in [3.05, 3.63) is 33.7 Å². The minimum atomic E-state index is -0.299. The van der Waals surface area contributed by atoms with E-state index in [1.807, 2.05) is 0 Å². The van der Waals surface area contributed by atoms with E-state index in [9.17, 15) is 9.59 Å². The molecule has 0 saturated heterocycles. The first kappa shape index (κ1) is 16.7. The molecule has 1 aromatic rings. The van der Waals surface area contributed by atoms with Gasteiger partial charge in [0.1, 0.15) is 5.56 Å². The minimum Gasteiger partial charge on any atom is -0.364 e. The smallest absolute Gasteiger partial charge is 0.256 e. The molecule has 1 aliphatic rings. The van der Waals surface area contributed by atoms with E-state index in [4.69, 9.17) is 5.73 Å². The number of aryl methyl sites for hydroxylation is 1. The van der Waals surface area contributed by atoms with E-state index in [1.54, 1.807) is 6.92 Å². The molecule has 1 fully saturated rings. The highest BCUT2D eigenvalue weighted by molar-refractivity contribution is 5.94. The average molecular weight is 300 g/mol. The molecule has 0 spiro atoms. The molecular formula is C14H22ClN3O2. The summed E-state index contributed by atoms with van der Waals surface area (Å²) < 4.78 is 0. The summed E-state index contributed by atoms with van der Waals surface area (Å²) in [6, 6.07) is 1.53. The molecule has 2 atom stereocenters. The summed E-state index contributed by atoms with van der Waals surface area (Å²) in [5.41, 5.74) is 6.42. The van der Waals surface area contributed by atoms with Gasteiger partial charge in [0.05, 0.1) is 0 Å². The molecule has 20 heavy (non-hydrogen) atoms. The van der Waals surface area contributed by atoms with E-state index in [-0.39, 0.29) is 35.3 Å². The van der Waals surface area contributed by atoms with Crippen LogP contribution in [-0.2, 0) is 0 Å². The molecule has 112 valence electrons. The van der Waals surface area contributed by atoms with Crippen LogP contribution in [0.3, 0.4) is 0 Å². The van der Waals surface area contributed by atoms with Crippen LogP contribution in [0.2, 0.25) is 0 Å². The summed E-state index contributed by atoms with van der Waals surface area (Å²) in [4.78, 5) is 26.8. The number of nitrogens with one attached hydrogen (secondary N) is 2. The minimum absolute atomic E-state index is 0. The van der Waals surface area contributed by atoms with Crippen molar-refractivity contribution in [2.45, 2.75) is 38.6 Å². The Labute approximate surface area is 124 Å². The Hall–Kier alpha value is -1.33. The summed E-state index contributed by atoms with van der Waals surface area (Å²) in [7, 11) is 0. The van der Waals surface area contributed by atoms with Crippen LogP contribution in [0.5, 0.6) is 0 Å². The number of halogens is 1. The zero-order valence-corrected chi connectivity index (χ0v) is 12.5. The van der Waals surface area contributed by atoms with Crippen molar-refractivity contribution in [1.29, 1.82) is 0 Å². The van der Waals surface area contributed by atoms with Crippen LogP contribution in [-0.4, -0.2) is 23.5 Å². The standard InChI is InChI=1S/C14H21N3O2.ClH/c1-9-6-13(18)11(8-16-9)14(19)17-12-5-3-2-4-10(12)7-15;/h6,8,10,12H,2-5,7,15H2,1H3,(H,16,18)(H,17,19);1H. The Bertz CT molecular complexity index is 515. The summed E-state index contributed by atoms with van der Waals surface area (Å²) >= 11 is 0. The lowest BCUT2D eigenvalue weighted by molar-refractivity contribution is 0.0906. The van der Waals surface area contributed by atoms with Gasteiger partial charge in [0, 0.05) is 24.0 Å². The fraction of sp³-hybridized carbons (Fsp3) is 0.571. The molecule has 2 unspecified atom stereocenters. The van der Waals surface area contributed by atoms with Gasteiger partial charge in [-0.25, -0.2) is 0 Å². The molecule has 1 aromatic heterocycles.